The zero-order valence-corrected chi connectivity index (χ0v) is 16.4. The predicted molar refractivity (Wildman–Crippen MR) is 103 cm³/mol. The van der Waals surface area contributed by atoms with E-state index in [2.05, 4.69) is 38.2 Å². The number of hydrogen-bond acceptors (Lipinski definition) is 6. The van der Waals surface area contributed by atoms with Gasteiger partial charge in [0.25, 0.3) is 0 Å². The van der Waals surface area contributed by atoms with Crippen LogP contribution in [0.25, 0.3) is 0 Å². The van der Waals surface area contributed by atoms with Crippen LogP contribution in [0.15, 0.2) is 48.1 Å². The third kappa shape index (κ3) is 4.03. The number of aliphatic hydroxyl groups is 2. The van der Waals surface area contributed by atoms with E-state index >= 15 is 0 Å². The molecule has 0 radical (unpaired) electrons. The number of rotatable bonds is 4. The van der Waals surface area contributed by atoms with E-state index in [1.165, 1.54) is 0 Å². The number of ether oxygens (including phenoxy) is 4. The Balaban J connectivity index is 1.50. The Hall–Kier alpha value is -1.28. The summed E-state index contributed by atoms with van der Waals surface area (Å²) >= 11 is 0. The quantitative estimate of drug-likeness (QED) is 0.766. The minimum absolute atomic E-state index is 0.0301. The van der Waals surface area contributed by atoms with Crippen molar-refractivity contribution in [2.24, 2.45) is 17.8 Å². The summed E-state index contributed by atoms with van der Waals surface area (Å²) in [5, 5.41) is 20.0. The lowest BCUT2D eigenvalue weighted by Gasteiger charge is -2.49. The second-order valence-corrected chi connectivity index (χ2v) is 8.14. The SMILES string of the molecule is CC1C=CC(C2OCC3OC(C4C=CC=CC4C)OC(C(O)CO)C3O2)=CC1. The molecule has 0 saturated carbocycles. The summed E-state index contributed by atoms with van der Waals surface area (Å²) in [6.45, 7) is 4.22. The van der Waals surface area contributed by atoms with Crippen molar-refractivity contribution in [3.05, 3.63) is 48.1 Å². The zero-order chi connectivity index (χ0) is 19.7. The van der Waals surface area contributed by atoms with Gasteiger partial charge < -0.3 is 29.2 Å². The largest absolute Gasteiger partial charge is 0.394 e. The van der Waals surface area contributed by atoms with Gasteiger partial charge in [0.15, 0.2) is 12.6 Å². The Morgan fingerprint density at radius 3 is 2.64 bits per heavy atom. The van der Waals surface area contributed by atoms with E-state index in [-0.39, 0.29) is 17.9 Å². The Bertz CT molecular complexity index is 668. The van der Waals surface area contributed by atoms with Gasteiger partial charge in [-0.25, -0.2) is 0 Å². The normalized spacial score (nSPS) is 44.1. The highest BCUT2D eigenvalue weighted by atomic mass is 16.8. The van der Waals surface area contributed by atoms with Crippen molar-refractivity contribution in [2.45, 2.75) is 57.3 Å². The molecule has 0 amide bonds. The molecule has 0 aromatic carbocycles. The van der Waals surface area contributed by atoms with Gasteiger partial charge in [0, 0.05) is 11.5 Å². The Morgan fingerprint density at radius 2 is 1.93 bits per heavy atom. The minimum atomic E-state index is -1.05. The molecule has 0 bridgehead atoms. The van der Waals surface area contributed by atoms with Crippen molar-refractivity contribution in [3.63, 3.8) is 0 Å². The Morgan fingerprint density at radius 1 is 1.11 bits per heavy atom. The van der Waals surface area contributed by atoms with E-state index < -0.39 is 37.5 Å². The first kappa shape index (κ1) is 20.0. The van der Waals surface area contributed by atoms with Crippen LogP contribution in [0.4, 0.5) is 0 Å². The maximum Gasteiger partial charge on any atom is 0.184 e. The van der Waals surface area contributed by atoms with Gasteiger partial charge in [-0.1, -0.05) is 56.4 Å². The van der Waals surface area contributed by atoms with Crippen LogP contribution < -0.4 is 0 Å². The average molecular weight is 390 g/mol. The van der Waals surface area contributed by atoms with Gasteiger partial charge in [-0.3, -0.25) is 0 Å². The highest BCUT2D eigenvalue weighted by Crippen LogP contribution is 2.37. The fraction of sp³-hybridized carbons (Fsp3) is 0.636. The molecule has 0 spiro atoms. The molecule has 6 nitrogen and oxygen atoms in total. The highest BCUT2D eigenvalue weighted by Gasteiger charge is 2.49. The maximum atomic E-state index is 10.4. The molecule has 0 aromatic heterocycles. The monoisotopic (exact) mass is 390 g/mol. The predicted octanol–water partition coefficient (Wildman–Crippen LogP) is 2.09. The third-order valence-corrected chi connectivity index (χ3v) is 5.94. The van der Waals surface area contributed by atoms with Gasteiger partial charge in [0.1, 0.15) is 24.4 Å². The summed E-state index contributed by atoms with van der Waals surface area (Å²) in [5.74, 6) is 0.782. The summed E-state index contributed by atoms with van der Waals surface area (Å²) in [7, 11) is 0. The Kier molecular flexibility index (Phi) is 6.16. The topological polar surface area (TPSA) is 77.4 Å². The lowest BCUT2D eigenvalue weighted by atomic mass is 9.88. The van der Waals surface area contributed by atoms with Crippen LogP contribution in [0.2, 0.25) is 0 Å². The van der Waals surface area contributed by atoms with Gasteiger partial charge in [-0.15, -0.1) is 0 Å². The van der Waals surface area contributed by atoms with Crippen LogP contribution in [0.5, 0.6) is 0 Å². The second-order valence-electron chi connectivity index (χ2n) is 8.14. The van der Waals surface area contributed by atoms with Crippen molar-refractivity contribution >= 4 is 0 Å². The molecule has 28 heavy (non-hydrogen) atoms. The molecular formula is C22H30O6. The standard InChI is InChI=1S/C22H30O6/c1-13-7-9-15(10-8-13)21-25-12-18-20(28-21)19(17(24)11-23)27-22(26-18)16-6-4-3-5-14(16)2/h3-7,9-10,13-14,16-24H,8,11-12H2,1-2H3. The first-order valence-corrected chi connectivity index (χ1v) is 10.2. The summed E-state index contributed by atoms with van der Waals surface area (Å²) in [5.41, 5.74) is 0.977. The highest BCUT2D eigenvalue weighted by molar-refractivity contribution is 5.26. The lowest BCUT2D eigenvalue weighted by Crippen LogP contribution is -2.62. The fourth-order valence-electron chi connectivity index (χ4n) is 4.15. The zero-order valence-electron chi connectivity index (χ0n) is 16.4. The first-order valence-electron chi connectivity index (χ1n) is 10.2. The van der Waals surface area contributed by atoms with Crippen molar-refractivity contribution < 1.29 is 29.2 Å². The van der Waals surface area contributed by atoms with Crippen LogP contribution in [-0.2, 0) is 18.9 Å². The molecule has 2 heterocycles. The van der Waals surface area contributed by atoms with E-state index in [0.717, 1.165) is 12.0 Å². The first-order chi connectivity index (χ1) is 13.6. The molecule has 2 aliphatic heterocycles. The molecule has 4 rings (SSSR count). The third-order valence-electron chi connectivity index (χ3n) is 5.94. The molecular weight excluding hydrogens is 360 g/mol. The van der Waals surface area contributed by atoms with Crippen molar-refractivity contribution in [1.82, 2.24) is 0 Å². The van der Waals surface area contributed by atoms with Gasteiger partial charge in [0.2, 0.25) is 0 Å². The van der Waals surface area contributed by atoms with Crippen LogP contribution >= 0.6 is 0 Å². The molecule has 2 saturated heterocycles. The number of allylic oxidation sites excluding steroid dienone is 5. The van der Waals surface area contributed by atoms with Crippen molar-refractivity contribution in [1.29, 1.82) is 0 Å². The molecule has 154 valence electrons. The molecule has 9 unspecified atom stereocenters. The average Bonchev–Trinajstić information content (AvgIpc) is 2.73. The molecule has 2 aliphatic carbocycles. The molecule has 0 aromatic rings. The number of aliphatic hydroxyl groups excluding tert-OH is 2. The van der Waals surface area contributed by atoms with E-state index in [0.29, 0.717) is 12.5 Å². The maximum absolute atomic E-state index is 10.4. The summed E-state index contributed by atoms with van der Waals surface area (Å²) in [6.07, 6.45) is 11.8. The van der Waals surface area contributed by atoms with Crippen LogP contribution in [-0.4, -0.2) is 60.4 Å². The van der Waals surface area contributed by atoms with E-state index in [1.807, 2.05) is 18.2 Å². The molecule has 4 aliphatic rings. The van der Waals surface area contributed by atoms with Crippen LogP contribution in [0.1, 0.15) is 20.3 Å². The van der Waals surface area contributed by atoms with Crippen LogP contribution in [0.3, 0.4) is 0 Å². The van der Waals surface area contributed by atoms with Gasteiger partial charge >= 0.3 is 0 Å². The summed E-state index contributed by atoms with van der Waals surface area (Å²) < 4.78 is 24.4. The number of hydrogen-bond donors (Lipinski definition) is 2. The second kappa shape index (κ2) is 8.61. The minimum Gasteiger partial charge on any atom is -0.394 e. The number of fused-ring (bicyclic) bond motifs is 1. The van der Waals surface area contributed by atoms with Crippen LogP contribution in [0, 0.1) is 17.8 Å². The van der Waals surface area contributed by atoms with Gasteiger partial charge in [-0.2, -0.15) is 0 Å². The Labute approximate surface area is 166 Å². The van der Waals surface area contributed by atoms with Crippen molar-refractivity contribution in [2.75, 3.05) is 13.2 Å². The fourth-order valence-corrected chi connectivity index (χ4v) is 4.15. The smallest absolute Gasteiger partial charge is 0.184 e. The van der Waals surface area contributed by atoms with E-state index in [4.69, 9.17) is 18.9 Å². The van der Waals surface area contributed by atoms with Gasteiger partial charge in [0.05, 0.1) is 13.2 Å². The van der Waals surface area contributed by atoms with Gasteiger partial charge in [-0.05, 0) is 18.3 Å². The molecule has 2 N–H and O–H groups in total. The van der Waals surface area contributed by atoms with E-state index in [9.17, 15) is 10.2 Å². The molecule has 9 atom stereocenters. The summed E-state index contributed by atoms with van der Waals surface area (Å²) in [6, 6.07) is 0. The molecule has 6 heteroatoms. The molecule has 2 fully saturated rings. The lowest BCUT2D eigenvalue weighted by molar-refractivity contribution is -0.369. The summed E-state index contributed by atoms with van der Waals surface area (Å²) in [4.78, 5) is 0. The van der Waals surface area contributed by atoms with Crippen molar-refractivity contribution in [3.8, 4) is 0 Å². The van der Waals surface area contributed by atoms with E-state index in [1.54, 1.807) is 0 Å².